The Bertz CT molecular complexity index is 552. The SMILES string of the molecule is Cc1cnc(NC(C)Cc2ccc(F)cc2)cc1N. The minimum atomic E-state index is -0.211. The Balaban J connectivity index is 1.98. The fourth-order valence-corrected chi connectivity index (χ4v) is 1.90. The van der Waals surface area contributed by atoms with Crippen molar-refractivity contribution in [2.45, 2.75) is 26.3 Å². The molecular weight excluding hydrogens is 241 g/mol. The summed E-state index contributed by atoms with van der Waals surface area (Å²) in [6, 6.07) is 8.57. The molecule has 19 heavy (non-hydrogen) atoms. The molecule has 1 aromatic heterocycles. The van der Waals surface area contributed by atoms with Gasteiger partial charge in [0.15, 0.2) is 0 Å². The number of hydrogen-bond acceptors (Lipinski definition) is 3. The average Bonchev–Trinajstić information content (AvgIpc) is 2.37. The second-order valence-corrected chi connectivity index (χ2v) is 4.80. The van der Waals surface area contributed by atoms with Gasteiger partial charge >= 0.3 is 0 Å². The van der Waals surface area contributed by atoms with Crippen molar-refractivity contribution in [2.75, 3.05) is 11.1 Å². The normalized spacial score (nSPS) is 12.2. The molecule has 3 N–H and O–H groups in total. The number of nitrogens with one attached hydrogen (secondary N) is 1. The first-order valence-corrected chi connectivity index (χ1v) is 6.27. The van der Waals surface area contributed by atoms with E-state index in [1.807, 2.05) is 13.0 Å². The molecule has 0 saturated heterocycles. The lowest BCUT2D eigenvalue weighted by Crippen LogP contribution is -2.19. The van der Waals surface area contributed by atoms with Gasteiger partial charge in [-0.1, -0.05) is 12.1 Å². The van der Waals surface area contributed by atoms with E-state index in [2.05, 4.69) is 17.2 Å². The zero-order valence-corrected chi connectivity index (χ0v) is 11.2. The van der Waals surface area contributed by atoms with Gasteiger partial charge in [-0.05, 0) is 43.5 Å². The van der Waals surface area contributed by atoms with E-state index in [0.717, 1.165) is 29.1 Å². The van der Waals surface area contributed by atoms with Crippen LogP contribution in [0.3, 0.4) is 0 Å². The third-order valence-electron chi connectivity index (χ3n) is 2.99. The largest absolute Gasteiger partial charge is 0.398 e. The summed E-state index contributed by atoms with van der Waals surface area (Å²) in [6.07, 6.45) is 2.55. The second kappa shape index (κ2) is 5.69. The molecule has 2 aromatic rings. The van der Waals surface area contributed by atoms with Gasteiger partial charge in [0.25, 0.3) is 0 Å². The van der Waals surface area contributed by atoms with Gasteiger partial charge in [0.2, 0.25) is 0 Å². The van der Waals surface area contributed by atoms with Crippen LogP contribution < -0.4 is 11.1 Å². The molecule has 0 bridgehead atoms. The van der Waals surface area contributed by atoms with Gasteiger partial charge in [-0.25, -0.2) is 9.37 Å². The topological polar surface area (TPSA) is 50.9 Å². The summed E-state index contributed by atoms with van der Waals surface area (Å²) < 4.78 is 12.8. The maximum absolute atomic E-state index is 12.8. The molecule has 0 radical (unpaired) electrons. The summed E-state index contributed by atoms with van der Waals surface area (Å²) in [5.41, 5.74) is 8.63. The van der Waals surface area contributed by atoms with Crippen LogP contribution >= 0.6 is 0 Å². The van der Waals surface area contributed by atoms with Crippen molar-refractivity contribution in [1.82, 2.24) is 4.98 Å². The fraction of sp³-hybridized carbons (Fsp3) is 0.267. The molecule has 1 aromatic carbocycles. The van der Waals surface area contributed by atoms with Gasteiger partial charge in [-0.15, -0.1) is 0 Å². The summed E-state index contributed by atoms with van der Waals surface area (Å²) in [6.45, 7) is 3.98. The molecule has 1 heterocycles. The lowest BCUT2D eigenvalue weighted by atomic mass is 10.1. The second-order valence-electron chi connectivity index (χ2n) is 4.80. The van der Waals surface area contributed by atoms with E-state index in [9.17, 15) is 4.39 Å². The minimum Gasteiger partial charge on any atom is -0.398 e. The zero-order valence-electron chi connectivity index (χ0n) is 11.2. The smallest absolute Gasteiger partial charge is 0.128 e. The van der Waals surface area contributed by atoms with Crippen molar-refractivity contribution >= 4 is 11.5 Å². The van der Waals surface area contributed by atoms with Crippen LogP contribution in [0.15, 0.2) is 36.5 Å². The molecule has 0 fully saturated rings. The Morgan fingerprint density at radius 2 is 2.00 bits per heavy atom. The highest BCUT2D eigenvalue weighted by Crippen LogP contribution is 2.15. The molecule has 2 rings (SSSR count). The van der Waals surface area contributed by atoms with Gasteiger partial charge < -0.3 is 11.1 Å². The summed E-state index contributed by atoms with van der Waals surface area (Å²) in [5, 5.41) is 3.29. The van der Waals surface area contributed by atoms with E-state index in [4.69, 9.17) is 5.73 Å². The van der Waals surface area contributed by atoms with E-state index >= 15 is 0 Å². The number of aromatic nitrogens is 1. The van der Waals surface area contributed by atoms with Gasteiger partial charge in [-0.3, -0.25) is 0 Å². The number of aryl methyl sites for hydroxylation is 1. The minimum absolute atomic E-state index is 0.195. The van der Waals surface area contributed by atoms with Gasteiger partial charge in [0.05, 0.1) is 0 Å². The van der Waals surface area contributed by atoms with E-state index in [0.29, 0.717) is 0 Å². The number of halogens is 1. The highest BCUT2D eigenvalue weighted by molar-refractivity contribution is 5.53. The van der Waals surface area contributed by atoms with Crippen LogP contribution in [0.1, 0.15) is 18.1 Å². The van der Waals surface area contributed by atoms with Crippen molar-refractivity contribution in [1.29, 1.82) is 0 Å². The molecule has 1 atom stereocenters. The standard InChI is InChI=1S/C15H18FN3/c1-10-9-18-15(8-14(10)17)19-11(2)7-12-3-5-13(16)6-4-12/h3-6,8-9,11H,7H2,1-2H3,(H3,17,18,19). The Morgan fingerprint density at radius 3 is 2.63 bits per heavy atom. The van der Waals surface area contributed by atoms with Crippen molar-refractivity contribution in [3.8, 4) is 0 Å². The molecule has 4 heteroatoms. The van der Waals surface area contributed by atoms with Crippen LogP contribution in [0.25, 0.3) is 0 Å². The van der Waals surface area contributed by atoms with E-state index in [1.54, 1.807) is 18.3 Å². The number of nitrogens with zero attached hydrogens (tertiary/aromatic N) is 1. The lowest BCUT2D eigenvalue weighted by Gasteiger charge is -2.15. The first kappa shape index (κ1) is 13.3. The number of nitrogens with two attached hydrogens (primary N) is 1. The molecule has 0 saturated carbocycles. The molecule has 1 unspecified atom stereocenters. The first-order valence-electron chi connectivity index (χ1n) is 6.27. The van der Waals surface area contributed by atoms with Crippen LogP contribution in [0.5, 0.6) is 0 Å². The van der Waals surface area contributed by atoms with Gasteiger partial charge in [0, 0.05) is 24.0 Å². The third kappa shape index (κ3) is 3.68. The average molecular weight is 259 g/mol. The Kier molecular flexibility index (Phi) is 4.00. The van der Waals surface area contributed by atoms with Crippen molar-refractivity contribution in [2.24, 2.45) is 0 Å². The summed E-state index contributed by atoms with van der Waals surface area (Å²) >= 11 is 0. The maximum atomic E-state index is 12.8. The zero-order chi connectivity index (χ0) is 13.8. The van der Waals surface area contributed by atoms with Crippen molar-refractivity contribution in [3.63, 3.8) is 0 Å². The summed E-state index contributed by atoms with van der Waals surface area (Å²) in [4.78, 5) is 4.28. The van der Waals surface area contributed by atoms with Crippen LogP contribution in [-0.4, -0.2) is 11.0 Å². The number of hydrogen-bond donors (Lipinski definition) is 2. The lowest BCUT2D eigenvalue weighted by molar-refractivity contribution is 0.626. The molecule has 0 aliphatic rings. The highest BCUT2D eigenvalue weighted by atomic mass is 19.1. The summed E-state index contributed by atoms with van der Waals surface area (Å²) in [7, 11) is 0. The van der Waals surface area contributed by atoms with Gasteiger partial charge in [0.1, 0.15) is 11.6 Å². The predicted octanol–water partition coefficient (Wildman–Crippen LogP) is 3.15. The molecule has 100 valence electrons. The molecule has 0 aliphatic heterocycles. The Morgan fingerprint density at radius 1 is 1.32 bits per heavy atom. The van der Waals surface area contributed by atoms with Gasteiger partial charge in [-0.2, -0.15) is 0 Å². The molecular formula is C15H18FN3. The predicted molar refractivity (Wildman–Crippen MR) is 76.6 cm³/mol. The monoisotopic (exact) mass is 259 g/mol. The fourth-order valence-electron chi connectivity index (χ4n) is 1.90. The van der Waals surface area contributed by atoms with Crippen LogP contribution in [0, 0.1) is 12.7 Å². The molecule has 0 spiro atoms. The highest BCUT2D eigenvalue weighted by Gasteiger charge is 2.05. The number of benzene rings is 1. The van der Waals surface area contributed by atoms with Crippen LogP contribution in [0.4, 0.5) is 15.9 Å². The van der Waals surface area contributed by atoms with Crippen molar-refractivity contribution in [3.05, 3.63) is 53.5 Å². The van der Waals surface area contributed by atoms with E-state index < -0.39 is 0 Å². The number of nitrogen functional groups attached to an aromatic ring is 1. The quantitative estimate of drug-likeness (QED) is 0.886. The number of anilines is 2. The Hall–Kier alpha value is -2.10. The first-order chi connectivity index (χ1) is 9.04. The maximum Gasteiger partial charge on any atom is 0.128 e. The van der Waals surface area contributed by atoms with E-state index in [1.165, 1.54) is 12.1 Å². The van der Waals surface area contributed by atoms with E-state index in [-0.39, 0.29) is 11.9 Å². The van der Waals surface area contributed by atoms with Crippen molar-refractivity contribution < 1.29 is 4.39 Å². The molecule has 3 nitrogen and oxygen atoms in total. The molecule has 0 aliphatic carbocycles. The third-order valence-corrected chi connectivity index (χ3v) is 2.99. The number of rotatable bonds is 4. The summed E-state index contributed by atoms with van der Waals surface area (Å²) in [5.74, 6) is 0.551. The van der Waals surface area contributed by atoms with Crippen LogP contribution in [0.2, 0.25) is 0 Å². The number of pyridine rings is 1. The Labute approximate surface area is 112 Å². The van der Waals surface area contributed by atoms with Crippen LogP contribution in [-0.2, 0) is 6.42 Å². The molecule has 0 amide bonds.